The van der Waals surface area contributed by atoms with Gasteiger partial charge in [-0.2, -0.15) is 5.10 Å². The Hall–Kier alpha value is -3.48. The van der Waals surface area contributed by atoms with Crippen LogP contribution in [0.2, 0.25) is 0 Å². The average molecular weight is 466 g/mol. The lowest BCUT2D eigenvalue weighted by molar-refractivity contribution is 0.100. The third-order valence-corrected chi connectivity index (χ3v) is 7.69. The highest BCUT2D eigenvalue weighted by Gasteiger charge is 2.43. The molecule has 2 saturated heterocycles. The largest absolute Gasteiger partial charge is 0.366 e. The van der Waals surface area contributed by atoms with Crippen LogP contribution in [0.4, 0.5) is 0 Å². The Kier molecular flexibility index (Phi) is 5.63. The predicted octanol–water partition coefficient (Wildman–Crippen LogP) is 4.22. The SMILES string of the molecule is NC(=O)c1cccc2cn(-c3ccc(CN4CCC5(CCN(Cc6ccccc6)C5)C4)cc3)nc12. The van der Waals surface area contributed by atoms with Crippen LogP contribution in [-0.2, 0) is 13.1 Å². The number of amides is 1. The number of nitrogens with two attached hydrogens (primary N) is 1. The Morgan fingerprint density at radius 2 is 1.49 bits per heavy atom. The van der Waals surface area contributed by atoms with Crippen LogP contribution in [0.15, 0.2) is 79.0 Å². The maximum Gasteiger partial charge on any atom is 0.250 e. The molecule has 1 aromatic heterocycles. The normalized spacial score (nSPS) is 20.8. The van der Waals surface area contributed by atoms with Crippen LogP contribution in [0.3, 0.4) is 0 Å². The summed E-state index contributed by atoms with van der Waals surface area (Å²) in [5, 5.41) is 5.53. The van der Waals surface area contributed by atoms with Crippen LogP contribution in [0.1, 0.15) is 34.3 Å². The molecule has 6 nitrogen and oxygen atoms in total. The van der Waals surface area contributed by atoms with Crippen molar-refractivity contribution in [1.82, 2.24) is 19.6 Å². The minimum absolute atomic E-state index is 0.446. The molecule has 3 aromatic carbocycles. The number of primary amides is 1. The molecule has 1 amide bonds. The second-order valence-electron chi connectivity index (χ2n) is 10.3. The van der Waals surface area contributed by atoms with Gasteiger partial charge in [-0.1, -0.05) is 54.6 Å². The fourth-order valence-corrected chi connectivity index (χ4v) is 5.89. The maximum atomic E-state index is 11.7. The highest BCUT2D eigenvalue weighted by atomic mass is 16.1. The first-order chi connectivity index (χ1) is 17.1. The zero-order chi connectivity index (χ0) is 23.8. The predicted molar refractivity (Wildman–Crippen MR) is 138 cm³/mol. The van der Waals surface area contributed by atoms with Crippen molar-refractivity contribution >= 4 is 16.8 Å². The van der Waals surface area contributed by atoms with Crippen LogP contribution in [0.25, 0.3) is 16.6 Å². The van der Waals surface area contributed by atoms with E-state index in [0.29, 0.717) is 16.5 Å². The fraction of sp³-hybridized carbons (Fsp3) is 0.310. The Bertz CT molecular complexity index is 1350. The van der Waals surface area contributed by atoms with E-state index in [-0.39, 0.29) is 0 Å². The van der Waals surface area contributed by atoms with Gasteiger partial charge in [0, 0.05) is 37.8 Å². The number of benzene rings is 3. The van der Waals surface area contributed by atoms with E-state index in [1.54, 1.807) is 6.07 Å². The van der Waals surface area contributed by atoms with E-state index in [9.17, 15) is 4.79 Å². The van der Waals surface area contributed by atoms with Crippen molar-refractivity contribution < 1.29 is 4.79 Å². The lowest BCUT2D eigenvalue weighted by atomic mass is 9.86. The van der Waals surface area contributed by atoms with E-state index < -0.39 is 5.91 Å². The van der Waals surface area contributed by atoms with E-state index in [1.807, 2.05) is 23.0 Å². The molecule has 0 saturated carbocycles. The summed E-state index contributed by atoms with van der Waals surface area (Å²) in [7, 11) is 0. The number of likely N-dealkylation sites (tertiary alicyclic amines) is 2. The van der Waals surface area contributed by atoms with Gasteiger partial charge in [-0.15, -0.1) is 0 Å². The van der Waals surface area contributed by atoms with Crippen molar-refractivity contribution in [2.24, 2.45) is 11.1 Å². The first-order valence-electron chi connectivity index (χ1n) is 12.4. The minimum Gasteiger partial charge on any atom is -0.366 e. The number of hydrogen-bond acceptors (Lipinski definition) is 4. The van der Waals surface area contributed by atoms with Gasteiger partial charge in [-0.3, -0.25) is 14.6 Å². The van der Waals surface area contributed by atoms with E-state index in [1.165, 1.54) is 50.1 Å². The molecule has 0 radical (unpaired) electrons. The number of nitrogens with zero attached hydrogens (tertiary/aromatic N) is 4. The molecule has 178 valence electrons. The van der Waals surface area contributed by atoms with Crippen LogP contribution in [0, 0.1) is 5.41 Å². The first kappa shape index (κ1) is 22.0. The minimum atomic E-state index is -0.454. The smallest absolute Gasteiger partial charge is 0.250 e. The van der Waals surface area contributed by atoms with E-state index in [0.717, 1.165) is 24.2 Å². The average Bonchev–Trinajstić information content (AvgIpc) is 3.58. The molecule has 35 heavy (non-hydrogen) atoms. The molecule has 1 unspecified atom stereocenters. The summed E-state index contributed by atoms with van der Waals surface area (Å²) in [5.41, 5.74) is 10.8. The van der Waals surface area contributed by atoms with E-state index >= 15 is 0 Å². The molecule has 1 atom stereocenters. The molecule has 0 bridgehead atoms. The van der Waals surface area contributed by atoms with Gasteiger partial charge in [0.05, 0.1) is 11.3 Å². The summed E-state index contributed by atoms with van der Waals surface area (Å²) in [6.45, 7) is 6.80. The summed E-state index contributed by atoms with van der Waals surface area (Å²) in [6.07, 6.45) is 4.54. The summed E-state index contributed by atoms with van der Waals surface area (Å²) in [6, 6.07) is 24.9. The van der Waals surface area contributed by atoms with Crippen molar-refractivity contribution in [3.8, 4) is 5.69 Å². The molecule has 2 N–H and O–H groups in total. The van der Waals surface area contributed by atoms with Gasteiger partial charge in [-0.25, -0.2) is 4.68 Å². The zero-order valence-electron chi connectivity index (χ0n) is 19.9. The van der Waals surface area contributed by atoms with Crippen molar-refractivity contribution in [1.29, 1.82) is 0 Å². The number of rotatable bonds is 6. The molecule has 2 aliphatic rings. The standard InChI is InChI=1S/C29H31N5O/c30-28(35)26-8-4-7-24-19-34(31-27(24)26)25-11-9-23(10-12-25)18-33-16-14-29(21-33)13-15-32(20-29)17-22-5-2-1-3-6-22/h1-12,19H,13-18,20-21H2,(H2,30,35). The molecule has 6 rings (SSSR count). The van der Waals surface area contributed by atoms with Crippen molar-refractivity contribution in [2.75, 3.05) is 26.2 Å². The van der Waals surface area contributed by atoms with Gasteiger partial charge in [0.1, 0.15) is 5.52 Å². The number of hydrogen-bond donors (Lipinski definition) is 1. The van der Waals surface area contributed by atoms with E-state index in [2.05, 4.69) is 69.5 Å². The van der Waals surface area contributed by atoms with Gasteiger partial charge < -0.3 is 5.73 Å². The summed E-state index contributed by atoms with van der Waals surface area (Å²) in [5.74, 6) is -0.454. The Balaban J connectivity index is 1.09. The quantitative estimate of drug-likeness (QED) is 0.463. The van der Waals surface area contributed by atoms with Crippen LogP contribution >= 0.6 is 0 Å². The molecule has 0 aliphatic carbocycles. The number of aromatic nitrogens is 2. The summed E-state index contributed by atoms with van der Waals surface area (Å²) < 4.78 is 1.82. The Morgan fingerprint density at radius 3 is 2.14 bits per heavy atom. The van der Waals surface area contributed by atoms with Crippen molar-refractivity contribution in [3.05, 3.63) is 95.7 Å². The molecule has 3 heterocycles. The van der Waals surface area contributed by atoms with Gasteiger partial charge in [0.25, 0.3) is 5.91 Å². The monoisotopic (exact) mass is 465 g/mol. The molecule has 4 aromatic rings. The van der Waals surface area contributed by atoms with Crippen molar-refractivity contribution in [2.45, 2.75) is 25.9 Å². The molecule has 2 fully saturated rings. The molecular formula is C29H31N5O. The maximum absolute atomic E-state index is 11.7. The molecule has 6 heteroatoms. The van der Waals surface area contributed by atoms with Crippen LogP contribution < -0.4 is 5.73 Å². The zero-order valence-corrected chi connectivity index (χ0v) is 19.9. The lowest BCUT2D eigenvalue weighted by Gasteiger charge is -2.25. The Morgan fingerprint density at radius 1 is 0.829 bits per heavy atom. The van der Waals surface area contributed by atoms with Gasteiger partial charge >= 0.3 is 0 Å². The lowest BCUT2D eigenvalue weighted by Crippen LogP contribution is -2.30. The molecule has 1 spiro atoms. The third kappa shape index (κ3) is 4.47. The van der Waals surface area contributed by atoms with Crippen LogP contribution in [-0.4, -0.2) is 51.7 Å². The highest BCUT2D eigenvalue weighted by Crippen LogP contribution is 2.40. The third-order valence-electron chi connectivity index (χ3n) is 7.69. The topological polar surface area (TPSA) is 67.4 Å². The Labute approximate surface area is 205 Å². The van der Waals surface area contributed by atoms with Gasteiger partial charge in [0.2, 0.25) is 0 Å². The number of fused-ring (bicyclic) bond motifs is 1. The van der Waals surface area contributed by atoms with Gasteiger partial charge in [-0.05, 0) is 60.7 Å². The van der Waals surface area contributed by atoms with Crippen LogP contribution in [0.5, 0.6) is 0 Å². The number of carbonyl (C=O) groups excluding carboxylic acids is 1. The summed E-state index contributed by atoms with van der Waals surface area (Å²) in [4.78, 5) is 17.0. The molecule has 2 aliphatic heterocycles. The highest BCUT2D eigenvalue weighted by molar-refractivity contribution is 6.04. The number of carbonyl (C=O) groups is 1. The second kappa shape index (κ2) is 8.95. The second-order valence-corrected chi connectivity index (χ2v) is 10.3. The molecular weight excluding hydrogens is 434 g/mol. The van der Waals surface area contributed by atoms with Crippen molar-refractivity contribution in [3.63, 3.8) is 0 Å². The first-order valence-corrected chi connectivity index (χ1v) is 12.4. The summed E-state index contributed by atoms with van der Waals surface area (Å²) >= 11 is 0. The van der Waals surface area contributed by atoms with E-state index in [4.69, 9.17) is 5.73 Å². The van der Waals surface area contributed by atoms with Gasteiger partial charge in [0.15, 0.2) is 0 Å². The fourth-order valence-electron chi connectivity index (χ4n) is 5.89.